The van der Waals surface area contributed by atoms with Crippen LogP contribution in [-0.4, -0.2) is 38.0 Å². The van der Waals surface area contributed by atoms with Gasteiger partial charge < -0.3 is 10.2 Å². The molecule has 1 aliphatic heterocycles. The van der Waals surface area contributed by atoms with Gasteiger partial charge in [-0.05, 0) is 57.7 Å². The molecule has 0 unspecified atom stereocenters. The lowest BCUT2D eigenvalue weighted by Crippen LogP contribution is -2.39. The molecule has 2 aromatic heterocycles. The zero-order valence-electron chi connectivity index (χ0n) is 21.2. The molecule has 1 fully saturated rings. The highest BCUT2D eigenvalue weighted by Crippen LogP contribution is 2.40. The average molecular weight is 523 g/mol. The molecule has 9 heteroatoms. The van der Waals surface area contributed by atoms with E-state index < -0.39 is 0 Å². The Kier molecular flexibility index (Phi) is 7.60. The second-order valence-electron chi connectivity index (χ2n) is 10.7. The number of hydrogen-bond acceptors (Lipinski definition) is 7. The third-order valence-electron chi connectivity index (χ3n) is 6.59. The van der Waals surface area contributed by atoms with Crippen molar-refractivity contribution in [3.05, 3.63) is 53.2 Å². The predicted molar refractivity (Wildman–Crippen MR) is 147 cm³/mol. The van der Waals surface area contributed by atoms with E-state index in [4.69, 9.17) is 4.98 Å². The monoisotopic (exact) mass is 522 g/mol. The number of thiazole rings is 1. The highest BCUT2D eigenvalue weighted by atomic mass is 32.2. The van der Waals surface area contributed by atoms with Gasteiger partial charge in [-0.15, -0.1) is 11.3 Å². The molecule has 1 saturated carbocycles. The minimum absolute atomic E-state index is 0.0502. The molecule has 0 atom stereocenters. The zero-order chi connectivity index (χ0) is 25.1. The summed E-state index contributed by atoms with van der Waals surface area (Å²) in [4.78, 5) is 30.4. The lowest BCUT2D eigenvalue weighted by molar-refractivity contribution is 0.206. The van der Waals surface area contributed by atoms with Crippen LogP contribution in [0.25, 0.3) is 10.4 Å². The second kappa shape index (κ2) is 10.9. The molecule has 2 N–H and O–H groups in total. The summed E-state index contributed by atoms with van der Waals surface area (Å²) in [6, 6.07) is 6.07. The van der Waals surface area contributed by atoms with Crippen molar-refractivity contribution in [3.8, 4) is 10.4 Å². The molecule has 3 aromatic rings. The molecule has 1 aromatic carbocycles. The van der Waals surface area contributed by atoms with Gasteiger partial charge in [0.1, 0.15) is 6.33 Å². The van der Waals surface area contributed by atoms with Crippen LogP contribution in [0.1, 0.15) is 75.1 Å². The fourth-order valence-electron chi connectivity index (χ4n) is 4.69. The third-order valence-corrected chi connectivity index (χ3v) is 9.06. The average Bonchev–Trinajstić information content (AvgIpc) is 3.37. The molecular weight excluding hydrogens is 488 g/mol. The van der Waals surface area contributed by atoms with Crippen LogP contribution in [0.5, 0.6) is 0 Å². The minimum atomic E-state index is -0.102. The molecular formula is C27H34N6OS2. The quantitative estimate of drug-likeness (QED) is 0.366. The summed E-state index contributed by atoms with van der Waals surface area (Å²) in [5.74, 6) is 0.597. The van der Waals surface area contributed by atoms with Crippen molar-refractivity contribution in [1.82, 2.24) is 24.6 Å². The summed E-state index contributed by atoms with van der Waals surface area (Å²) >= 11 is 3.43. The van der Waals surface area contributed by atoms with Crippen LogP contribution in [0.15, 0.2) is 41.8 Å². The number of carbonyl (C=O) groups is 1. The Hall–Kier alpha value is -2.49. The van der Waals surface area contributed by atoms with Gasteiger partial charge >= 0.3 is 6.03 Å². The van der Waals surface area contributed by atoms with Crippen LogP contribution in [-0.2, 0) is 13.0 Å². The molecule has 3 heterocycles. The van der Waals surface area contributed by atoms with E-state index in [1.54, 1.807) is 24.5 Å². The molecule has 190 valence electrons. The van der Waals surface area contributed by atoms with Crippen LogP contribution < -0.4 is 10.0 Å². The first kappa shape index (κ1) is 25.2. The van der Waals surface area contributed by atoms with Gasteiger partial charge in [0, 0.05) is 58.5 Å². The standard InChI is InChI=1S/C27H34N6OS2/c1-27(2,3)32-36-23-13-20(31-26(34)33-12-11-22-19(16-33)14-28-17-30-22)9-10-21(23)24-15-29-25(35-24)18-7-5-4-6-8-18/h9-10,13-15,17-18,32H,4-8,11-12,16H2,1-3H3,(H,31,34). The van der Waals surface area contributed by atoms with Gasteiger partial charge in [-0.25, -0.2) is 19.7 Å². The van der Waals surface area contributed by atoms with Gasteiger partial charge in [-0.1, -0.05) is 25.3 Å². The molecule has 2 amide bonds. The van der Waals surface area contributed by atoms with Gasteiger partial charge in [0.25, 0.3) is 0 Å². The molecule has 0 radical (unpaired) electrons. The maximum Gasteiger partial charge on any atom is 0.322 e. The maximum atomic E-state index is 13.1. The molecule has 0 bridgehead atoms. The van der Waals surface area contributed by atoms with Gasteiger partial charge in [-0.2, -0.15) is 0 Å². The normalized spacial score (nSPS) is 16.6. The molecule has 0 saturated heterocycles. The number of aromatic nitrogens is 3. The van der Waals surface area contributed by atoms with E-state index in [-0.39, 0.29) is 11.6 Å². The number of urea groups is 1. The number of fused-ring (bicyclic) bond motifs is 1. The third kappa shape index (κ3) is 6.07. The summed E-state index contributed by atoms with van der Waals surface area (Å²) in [7, 11) is 0. The Morgan fingerprint density at radius 1 is 1.14 bits per heavy atom. The first-order valence-corrected chi connectivity index (χ1v) is 14.4. The lowest BCUT2D eigenvalue weighted by atomic mass is 9.90. The van der Waals surface area contributed by atoms with Crippen molar-refractivity contribution < 1.29 is 4.79 Å². The fourth-order valence-corrected chi connectivity index (χ4v) is 6.77. The van der Waals surface area contributed by atoms with E-state index in [0.29, 0.717) is 19.0 Å². The van der Waals surface area contributed by atoms with Gasteiger partial charge in [0.2, 0.25) is 0 Å². The Bertz CT molecular complexity index is 1210. The predicted octanol–water partition coefficient (Wildman–Crippen LogP) is 6.63. The lowest BCUT2D eigenvalue weighted by Gasteiger charge is -2.28. The van der Waals surface area contributed by atoms with E-state index in [2.05, 4.69) is 52.9 Å². The first-order valence-electron chi connectivity index (χ1n) is 12.7. The van der Waals surface area contributed by atoms with Crippen molar-refractivity contribution in [2.75, 3.05) is 11.9 Å². The summed E-state index contributed by atoms with van der Waals surface area (Å²) in [6.07, 6.45) is 12.6. The molecule has 0 spiro atoms. The first-order chi connectivity index (χ1) is 17.4. The smallest absolute Gasteiger partial charge is 0.320 e. The van der Waals surface area contributed by atoms with Gasteiger partial charge in [-0.3, -0.25) is 4.72 Å². The van der Waals surface area contributed by atoms with Crippen molar-refractivity contribution in [2.45, 2.75) is 82.2 Å². The number of carbonyl (C=O) groups excluding carboxylic acids is 1. The van der Waals surface area contributed by atoms with Crippen LogP contribution in [0.3, 0.4) is 0 Å². The Morgan fingerprint density at radius 3 is 2.78 bits per heavy atom. The Balaban J connectivity index is 1.35. The van der Waals surface area contributed by atoms with Crippen LogP contribution in [0.4, 0.5) is 10.5 Å². The van der Waals surface area contributed by atoms with E-state index in [1.807, 2.05) is 28.5 Å². The Morgan fingerprint density at radius 2 is 1.97 bits per heavy atom. The van der Waals surface area contributed by atoms with Crippen LogP contribution in [0, 0.1) is 0 Å². The Labute approximate surface area is 221 Å². The van der Waals surface area contributed by atoms with Crippen molar-refractivity contribution >= 4 is 35.0 Å². The van der Waals surface area contributed by atoms with Crippen LogP contribution >= 0.6 is 23.3 Å². The summed E-state index contributed by atoms with van der Waals surface area (Å²) < 4.78 is 3.54. The van der Waals surface area contributed by atoms with Crippen LogP contribution in [0.2, 0.25) is 0 Å². The van der Waals surface area contributed by atoms with Gasteiger partial charge in [0.15, 0.2) is 0 Å². The summed E-state index contributed by atoms with van der Waals surface area (Å²) in [5, 5.41) is 4.37. The number of hydrogen-bond donors (Lipinski definition) is 2. The molecule has 5 rings (SSSR count). The number of benzene rings is 1. The van der Waals surface area contributed by atoms with Crippen molar-refractivity contribution in [3.63, 3.8) is 0 Å². The van der Waals surface area contributed by atoms with Crippen molar-refractivity contribution in [2.24, 2.45) is 0 Å². The van der Waals surface area contributed by atoms with E-state index in [1.165, 1.54) is 42.0 Å². The molecule has 2 aliphatic rings. The molecule has 36 heavy (non-hydrogen) atoms. The molecule has 1 aliphatic carbocycles. The summed E-state index contributed by atoms with van der Waals surface area (Å²) in [6.45, 7) is 7.62. The van der Waals surface area contributed by atoms with E-state index >= 15 is 0 Å². The topological polar surface area (TPSA) is 83.0 Å². The number of rotatable bonds is 5. The highest BCUT2D eigenvalue weighted by molar-refractivity contribution is 7.97. The number of nitrogens with one attached hydrogen (secondary N) is 2. The SMILES string of the molecule is CC(C)(C)NSc1cc(NC(=O)N2CCc3ncncc3C2)ccc1-c1cnc(C2CCCCC2)s1. The number of nitrogens with zero attached hydrogens (tertiary/aromatic N) is 4. The van der Waals surface area contributed by atoms with E-state index in [0.717, 1.165) is 33.8 Å². The number of amides is 2. The van der Waals surface area contributed by atoms with Gasteiger partial charge in [0.05, 0.1) is 22.1 Å². The second-order valence-corrected chi connectivity index (χ2v) is 12.6. The fraction of sp³-hybridized carbons (Fsp3) is 0.481. The molecule has 7 nitrogen and oxygen atoms in total. The van der Waals surface area contributed by atoms with E-state index in [9.17, 15) is 4.79 Å². The summed E-state index contributed by atoms with van der Waals surface area (Å²) in [5.41, 5.74) is 3.93. The zero-order valence-corrected chi connectivity index (χ0v) is 22.8. The highest BCUT2D eigenvalue weighted by Gasteiger charge is 2.23. The largest absolute Gasteiger partial charge is 0.322 e. The number of anilines is 1. The maximum absolute atomic E-state index is 13.1. The minimum Gasteiger partial charge on any atom is -0.320 e. The van der Waals surface area contributed by atoms with Crippen molar-refractivity contribution in [1.29, 1.82) is 0 Å².